The molecule has 0 saturated carbocycles. The van der Waals surface area contributed by atoms with E-state index in [-0.39, 0.29) is 10.8 Å². The van der Waals surface area contributed by atoms with E-state index in [1.165, 1.54) is 18.2 Å². The summed E-state index contributed by atoms with van der Waals surface area (Å²) in [6.07, 6.45) is 0.880. The normalized spacial score (nSPS) is 19.0. The molecule has 0 aliphatic carbocycles. The van der Waals surface area contributed by atoms with E-state index in [2.05, 4.69) is 15.9 Å². The highest BCUT2D eigenvalue weighted by atomic mass is 79.9. The smallest absolute Gasteiger partial charge is 0.261 e. The van der Waals surface area contributed by atoms with Gasteiger partial charge in [0.05, 0.1) is 17.1 Å². The standard InChI is InChI=1S/C13H15BrClNO4S/c1-20-8-9-4-5-16(7-9)13(17)11-6-10(21(15,18)19)2-3-12(11)14/h2-3,6,9H,4-5,7-8H2,1H3. The summed E-state index contributed by atoms with van der Waals surface area (Å²) in [4.78, 5) is 14.1. The van der Waals surface area contributed by atoms with Crippen molar-refractivity contribution in [2.45, 2.75) is 11.3 Å². The zero-order chi connectivity index (χ0) is 15.6. The fraction of sp³-hybridized carbons (Fsp3) is 0.462. The molecule has 1 atom stereocenters. The van der Waals surface area contributed by atoms with Crippen LogP contribution in [0.15, 0.2) is 27.6 Å². The third kappa shape index (κ3) is 3.97. The average molecular weight is 397 g/mol. The molecule has 21 heavy (non-hydrogen) atoms. The Bertz CT molecular complexity index is 650. The summed E-state index contributed by atoms with van der Waals surface area (Å²) in [5, 5.41) is 0. The molecule has 1 aromatic carbocycles. The Kier molecular flexibility index (Phi) is 5.29. The van der Waals surface area contributed by atoms with E-state index < -0.39 is 9.05 Å². The number of carbonyl (C=O) groups is 1. The van der Waals surface area contributed by atoms with Crippen LogP contribution in [-0.2, 0) is 13.8 Å². The molecule has 8 heteroatoms. The van der Waals surface area contributed by atoms with Crippen LogP contribution >= 0.6 is 26.6 Å². The minimum absolute atomic E-state index is 0.0802. The first kappa shape index (κ1) is 16.7. The molecule has 1 amide bonds. The lowest BCUT2D eigenvalue weighted by Crippen LogP contribution is -2.29. The second-order valence-corrected chi connectivity index (χ2v) is 8.36. The SMILES string of the molecule is COCC1CCN(C(=O)c2cc(S(=O)(=O)Cl)ccc2Br)C1. The quantitative estimate of drug-likeness (QED) is 0.734. The second-order valence-electron chi connectivity index (χ2n) is 4.94. The van der Waals surface area contributed by atoms with Gasteiger partial charge in [-0.15, -0.1) is 0 Å². The van der Waals surface area contributed by atoms with Crippen molar-refractivity contribution in [3.8, 4) is 0 Å². The Labute approximate surface area is 136 Å². The second kappa shape index (κ2) is 6.64. The van der Waals surface area contributed by atoms with Crippen LogP contribution in [0.3, 0.4) is 0 Å². The monoisotopic (exact) mass is 395 g/mol. The van der Waals surface area contributed by atoms with Gasteiger partial charge in [0, 0.05) is 41.3 Å². The first-order valence-corrected chi connectivity index (χ1v) is 9.45. The first-order chi connectivity index (χ1) is 9.82. The van der Waals surface area contributed by atoms with Crippen LogP contribution in [0.5, 0.6) is 0 Å². The molecular formula is C13H15BrClNO4S. The number of carbonyl (C=O) groups excluding carboxylic acids is 1. The Morgan fingerprint density at radius 2 is 2.24 bits per heavy atom. The van der Waals surface area contributed by atoms with Crippen LogP contribution < -0.4 is 0 Å². The summed E-state index contributed by atoms with van der Waals surface area (Å²) < 4.78 is 28.4. The molecular weight excluding hydrogens is 382 g/mol. The van der Waals surface area contributed by atoms with Crippen molar-refractivity contribution in [1.82, 2.24) is 4.90 Å². The van der Waals surface area contributed by atoms with Gasteiger partial charge in [0.2, 0.25) is 0 Å². The van der Waals surface area contributed by atoms with Crippen LogP contribution in [0.1, 0.15) is 16.8 Å². The minimum atomic E-state index is -3.86. The van der Waals surface area contributed by atoms with E-state index in [1.807, 2.05) is 0 Å². The number of hydrogen-bond acceptors (Lipinski definition) is 4. The maximum Gasteiger partial charge on any atom is 0.261 e. The van der Waals surface area contributed by atoms with Crippen LogP contribution in [0.4, 0.5) is 0 Å². The van der Waals surface area contributed by atoms with E-state index in [0.29, 0.717) is 35.7 Å². The number of rotatable bonds is 4. The zero-order valence-electron chi connectivity index (χ0n) is 11.4. The van der Waals surface area contributed by atoms with Crippen LogP contribution in [0.25, 0.3) is 0 Å². The number of methoxy groups -OCH3 is 1. The highest BCUT2D eigenvalue weighted by molar-refractivity contribution is 9.10. The molecule has 1 saturated heterocycles. The lowest BCUT2D eigenvalue weighted by molar-refractivity contribution is 0.0774. The topological polar surface area (TPSA) is 63.7 Å². The fourth-order valence-corrected chi connectivity index (χ4v) is 3.57. The molecule has 1 aliphatic heterocycles. The summed E-state index contributed by atoms with van der Waals surface area (Å²) in [7, 11) is 3.10. The Morgan fingerprint density at radius 3 is 2.86 bits per heavy atom. The van der Waals surface area contributed by atoms with Crippen LogP contribution in [-0.4, -0.2) is 46.0 Å². The van der Waals surface area contributed by atoms with Crippen molar-refractivity contribution in [3.05, 3.63) is 28.2 Å². The van der Waals surface area contributed by atoms with E-state index in [4.69, 9.17) is 15.4 Å². The van der Waals surface area contributed by atoms with E-state index in [9.17, 15) is 13.2 Å². The van der Waals surface area contributed by atoms with Gasteiger partial charge in [0.25, 0.3) is 15.0 Å². The van der Waals surface area contributed by atoms with Gasteiger partial charge < -0.3 is 9.64 Å². The number of hydrogen-bond donors (Lipinski definition) is 0. The van der Waals surface area contributed by atoms with Gasteiger partial charge in [-0.05, 0) is 40.5 Å². The molecule has 1 unspecified atom stereocenters. The number of likely N-dealkylation sites (tertiary alicyclic amines) is 1. The van der Waals surface area contributed by atoms with Crippen LogP contribution in [0.2, 0.25) is 0 Å². The largest absolute Gasteiger partial charge is 0.384 e. The Balaban J connectivity index is 2.24. The summed E-state index contributed by atoms with van der Waals surface area (Å²) >= 11 is 3.28. The third-order valence-electron chi connectivity index (χ3n) is 3.43. The molecule has 5 nitrogen and oxygen atoms in total. The summed E-state index contributed by atoms with van der Waals surface area (Å²) in [5.74, 6) is 0.111. The molecule has 1 heterocycles. The molecule has 0 spiro atoms. The van der Waals surface area contributed by atoms with Gasteiger partial charge in [0.1, 0.15) is 0 Å². The summed E-state index contributed by atoms with van der Waals surface area (Å²) in [6.45, 7) is 1.86. The van der Waals surface area contributed by atoms with Gasteiger partial charge in [0.15, 0.2) is 0 Å². The number of nitrogens with zero attached hydrogens (tertiary/aromatic N) is 1. The van der Waals surface area contributed by atoms with Gasteiger partial charge in [-0.25, -0.2) is 8.42 Å². The third-order valence-corrected chi connectivity index (χ3v) is 5.47. The maximum absolute atomic E-state index is 12.5. The molecule has 1 aliphatic rings. The Morgan fingerprint density at radius 1 is 1.52 bits per heavy atom. The molecule has 1 aromatic rings. The predicted octanol–water partition coefficient (Wildman–Crippen LogP) is 2.49. The molecule has 2 rings (SSSR count). The average Bonchev–Trinajstić information content (AvgIpc) is 2.86. The van der Waals surface area contributed by atoms with Gasteiger partial charge >= 0.3 is 0 Å². The minimum Gasteiger partial charge on any atom is -0.384 e. The van der Waals surface area contributed by atoms with E-state index in [0.717, 1.165) is 6.42 Å². The van der Waals surface area contributed by atoms with E-state index in [1.54, 1.807) is 12.0 Å². The van der Waals surface area contributed by atoms with E-state index >= 15 is 0 Å². The predicted molar refractivity (Wildman–Crippen MR) is 83.1 cm³/mol. The number of ether oxygens (including phenoxy) is 1. The van der Waals surface area contributed by atoms with Crippen LogP contribution in [0, 0.1) is 5.92 Å². The lowest BCUT2D eigenvalue weighted by Gasteiger charge is -2.17. The molecule has 1 fully saturated rings. The van der Waals surface area contributed by atoms with Crippen molar-refractivity contribution in [3.63, 3.8) is 0 Å². The summed E-state index contributed by atoms with van der Waals surface area (Å²) in [5.41, 5.74) is 0.301. The number of halogens is 2. The van der Waals surface area contributed by atoms with Crippen molar-refractivity contribution in [2.75, 3.05) is 26.8 Å². The molecule has 0 N–H and O–H groups in total. The highest BCUT2D eigenvalue weighted by Gasteiger charge is 2.28. The molecule has 116 valence electrons. The number of amides is 1. The highest BCUT2D eigenvalue weighted by Crippen LogP contribution is 2.26. The van der Waals surface area contributed by atoms with Gasteiger partial charge in [-0.2, -0.15) is 0 Å². The number of benzene rings is 1. The first-order valence-electron chi connectivity index (χ1n) is 6.35. The van der Waals surface area contributed by atoms with Crippen molar-refractivity contribution in [2.24, 2.45) is 5.92 Å². The van der Waals surface area contributed by atoms with Crippen molar-refractivity contribution in [1.29, 1.82) is 0 Å². The fourth-order valence-electron chi connectivity index (χ4n) is 2.38. The van der Waals surface area contributed by atoms with Gasteiger partial charge in [-0.3, -0.25) is 4.79 Å². The van der Waals surface area contributed by atoms with Gasteiger partial charge in [-0.1, -0.05) is 0 Å². The maximum atomic E-state index is 12.5. The van der Waals surface area contributed by atoms with Crippen molar-refractivity contribution < 1.29 is 17.9 Å². The molecule has 0 aromatic heterocycles. The zero-order valence-corrected chi connectivity index (χ0v) is 14.5. The Hall–Kier alpha value is -0.630. The summed E-state index contributed by atoms with van der Waals surface area (Å²) in [6, 6.07) is 4.19. The molecule has 0 bridgehead atoms. The lowest BCUT2D eigenvalue weighted by atomic mass is 10.1. The molecule has 0 radical (unpaired) electrons. The van der Waals surface area contributed by atoms with Crippen molar-refractivity contribution >= 4 is 41.6 Å².